The summed E-state index contributed by atoms with van der Waals surface area (Å²) in [4.78, 5) is 24.0. The van der Waals surface area contributed by atoms with Crippen LogP contribution in [0.1, 0.15) is 37.0 Å². The Morgan fingerprint density at radius 2 is 2.11 bits per heavy atom. The first-order chi connectivity index (χ1) is 8.91. The lowest BCUT2D eigenvalue weighted by atomic mass is 10.1. The Hall–Kier alpha value is -1.91. The van der Waals surface area contributed by atoms with Crippen LogP contribution in [0.15, 0.2) is 18.2 Å². The molecular weight excluding hydrogens is 244 g/mol. The molecule has 19 heavy (non-hydrogen) atoms. The summed E-state index contributed by atoms with van der Waals surface area (Å²) in [5.41, 5.74) is 0.913. The van der Waals surface area contributed by atoms with Crippen molar-refractivity contribution in [2.45, 2.75) is 32.7 Å². The average molecular weight is 262 g/mol. The molecule has 5 nitrogen and oxygen atoms in total. The Morgan fingerprint density at radius 1 is 1.47 bits per heavy atom. The predicted molar refractivity (Wildman–Crippen MR) is 73.7 cm³/mol. The van der Waals surface area contributed by atoms with Gasteiger partial charge in [-0.05, 0) is 44.7 Å². The van der Waals surface area contributed by atoms with Gasteiger partial charge in [-0.25, -0.2) is 0 Å². The van der Waals surface area contributed by atoms with Crippen molar-refractivity contribution < 1.29 is 9.72 Å². The number of nitrogens with zero attached hydrogens (tertiary/aromatic N) is 2. The summed E-state index contributed by atoms with van der Waals surface area (Å²) < 4.78 is 0. The predicted octanol–water partition coefficient (Wildman–Crippen LogP) is 3.03. The van der Waals surface area contributed by atoms with Crippen molar-refractivity contribution in [3.63, 3.8) is 0 Å². The van der Waals surface area contributed by atoms with Gasteiger partial charge in [-0.1, -0.05) is 0 Å². The quantitative estimate of drug-likeness (QED) is 0.465. The van der Waals surface area contributed by atoms with Gasteiger partial charge in [-0.15, -0.1) is 0 Å². The highest BCUT2D eigenvalue weighted by atomic mass is 16.6. The average Bonchev–Trinajstić information content (AvgIpc) is 3.20. The van der Waals surface area contributed by atoms with E-state index in [9.17, 15) is 14.9 Å². The second-order valence-electron chi connectivity index (χ2n) is 5.20. The van der Waals surface area contributed by atoms with Gasteiger partial charge in [0.05, 0.1) is 10.5 Å². The number of ketones is 1. The van der Waals surface area contributed by atoms with Gasteiger partial charge < -0.3 is 4.90 Å². The number of carbonyl (C=O) groups is 1. The first kappa shape index (κ1) is 13.5. The first-order valence-electron chi connectivity index (χ1n) is 6.44. The fourth-order valence-corrected chi connectivity index (χ4v) is 2.31. The van der Waals surface area contributed by atoms with E-state index in [1.54, 1.807) is 12.1 Å². The highest BCUT2D eigenvalue weighted by Gasteiger charge is 2.31. The molecule has 1 aliphatic carbocycles. The number of hydrogen-bond donors (Lipinski definition) is 0. The van der Waals surface area contributed by atoms with E-state index in [1.165, 1.54) is 25.8 Å². The van der Waals surface area contributed by atoms with Crippen molar-refractivity contribution in [2.24, 2.45) is 5.92 Å². The van der Waals surface area contributed by atoms with Crippen LogP contribution in [0.25, 0.3) is 0 Å². The van der Waals surface area contributed by atoms with Crippen molar-refractivity contribution in [1.29, 1.82) is 0 Å². The maximum absolute atomic E-state index is 11.5. The molecule has 1 fully saturated rings. The molecule has 1 aliphatic rings. The summed E-state index contributed by atoms with van der Waals surface area (Å²) in [5, 5.41) is 10.9. The molecule has 1 unspecified atom stereocenters. The van der Waals surface area contributed by atoms with Gasteiger partial charge >= 0.3 is 0 Å². The molecule has 0 saturated heterocycles. The summed E-state index contributed by atoms with van der Waals surface area (Å²) >= 11 is 0. The number of rotatable bonds is 5. The van der Waals surface area contributed by atoms with E-state index in [1.807, 2.05) is 7.05 Å². The number of nitro benzene ring substituents is 1. The number of benzene rings is 1. The van der Waals surface area contributed by atoms with Crippen LogP contribution in [0.3, 0.4) is 0 Å². The zero-order valence-corrected chi connectivity index (χ0v) is 11.4. The lowest BCUT2D eigenvalue weighted by molar-refractivity contribution is -0.385. The minimum Gasteiger partial charge on any atom is -0.372 e. The third-order valence-electron chi connectivity index (χ3n) is 3.88. The molecule has 1 aromatic carbocycles. The van der Waals surface area contributed by atoms with E-state index in [2.05, 4.69) is 11.8 Å². The Bertz CT molecular complexity index is 523. The number of carbonyl (C=O) groups excluding carboxylic acids is 1. The largest absolute Gasteiger partial charge is 0.372 e. The van der Waals surface area contributed by atoms with Gasteiger partial charge in [0.15, 0.2) is 5.78 Å². The molecule has 5 heteroatoms. The molecule has 0 aromatic heterocycles. The van der Waals surface area contributed by atoms with Crippen LogP contribution in [-0.2, 0) is 0 Å². The van der Waals surface area contributed by atoms with Crippen molar-refractivity contribution in [2.75, 3.05) is 11.9 Å². The minimum atomic E-state index is -0.509. The van der Waals surface area contributed by atoms with Gasteiger partial charge in [0.25, 0.3) is 5.69 Å². The van der Waals surface area contributed by atoms with Crippen LogP contribution in [0.4, 0.5) is 11.4 Å². The Labute approximate surface area is 112 Å². The van der Waals surface area contributed by atoms with Crippen LogP contribution in [0.2, 0.25) is 0 Å². The smallest absolute Gasteiger partial charge is 0.280 e. The van der Waals surface area contributed by atoms with Crippen LogP contribution in [-0.4, -0.2) is 23.8 Å². The summed E-state index contributed by atoms with van der Waals surface area (Å²) in [6, 6.07) is 5.15. The maximum atomic E-state index is 11.5. The van der Waals surface area contributed by atoms with Crippen LogP contribution >= 0.6 is 0 Å². The molecule has 0 amide bonds. The fraction of sp³-hybridized carbons (Fsp3) is 0.500. The minimum absolute atomic E-state index is 0.122. The molecule has 1 saturated carbocycles. The van der Waals surface area contributed by atoms with E-state index in [-0.39, 0.29) is 17.0 Å². The fourth-order valence-electron chi connectivity index (χ4n) is 2.31. The summed E-state index contributed by atoms with van der Waals surface area (Å²) in [6.07, 6.45) is 2.47. The first-order valence-corrected chi connectivity index (χ1v) is 6.44. The van der Waals surface area contributed by atoms with Crippen molar-refractivity contribution in [1.82, 2.24) is 0 Å². The molecule has 0 spiro atoms. The molecule has 1 aromatic rings. The standard InChI is InChI=1S/C14H18N2O3/c1-9(11-4-5-11)15(3)12-6-7-14(16(18)19)13(8-12)10(2)17/h6-9,11H,4-5H2,1-3H3. The molecule has 0 radical (unpaired) electrons. The van der Waals surface area contributed by atoms with E-state index in [0.717, 1.165) is 5.69 Å². The lowest BCUT2D eigenvalue weighted by Gasteiger charge is -2.27. The molecule has 0 aliphatic heterocycles. The van der Waals surface area contributed by atoms with Gasteiger partial charge in [-0.3, -0.25) is 14.9 Å². The summed E-state index contributed by atoms with van der Waals surface area (Å²) in [5.74, 6) is 0.419. The molecule has 1 atom stereocenters. The van der Waals surface area contributed by atoms with Crippen LogP contribution < -0.4 is 4.90 Å². The van der Waals surface area contributed by atoms with E-state index in [0.29, 0.717) is 12.0 Å². The third-order valence-corrected chi connectivity index (χ3v) is 3.88. The molecular formula is C14H18N2O3. The number of nitro groups is 1. The van der Waals surface area contributed by atoms with Gasteiger partial charge in [0.2, 0.25) is 0 Å². The molecule has 0 heterocycles. The SMILES string of the molecule is CC(=O)c1cc(N(C)C(C)C2CC2)ccc1[N+](=O)[O-]. The second-order valence-corrected chi connectivity index (χ2v) is 5.20. The van der Waals surface area contributed by atoms with E-state index in [4.69, 9.17) is 0 Å². The molecule has 0 N–H and O–H groups in total. The van der Waals surface area contributed by atoms with Crippen LogP contribution in [0.5, 0.6) is 0 Å². The molecule has 0 bridgehead atoms. The molecule has 102 valence electrons. The van der Waals surface area contributed by atoms with Crippen molar-refractivity contribution in [3.05, 3.63) is 33.9 Å². The summed E-state index contributed by atoms with van der Waals surface area (Å²) in [6.45, 7) is 3.50. The zero-order chi connectivity index (χ0) is 14.2. The normalized spacial score (nSPS) is 15.9. The topological polar surface area (TPSA) is 63.5 Å². The number of anilines is 1. The van der Waals surface area contributed by atoms with Crippen molar-refractivity contribution in [3.8, 4) is 0 Å². The lowest BCUT2D eigenvalue weighted by Crippen LogP contribution is -2.30. The maximum Gasteiger partial charge on any atom is 0.280 e. The third kappa shape index (κ3) is 2.75. The Balaban J connectivity index is 2.34. The van der Waals surface area contributed by atoms with E-state index < -0.39 is 4.92 Å². The number of hydrogen-bond acceptors (Lipinski definition) is 4. The highest BCUT2D eigenvalue weighted by Crippen LogP contribution is 2.37. The van der Waals surface area contributed by atoms with Crippen molar-refractivity contribution >= 4 is 17.2 Å². The summed E-state index contributed by atoms with van der Waals surface area (Å²) in [7, 11) is 1.97. The Kier molecular flexibility index (Phi) is 3.55. The van der Waals surface area contributed by atoms with Gasteiger partial charge in [0.1, 0.15) is 0 Å². The van der Waals surface area contributed by atoms with Gasteiger partial charge in [0, 0.05) is 24.8 Å². The highest BCUT2D eigenvalue weighted by molar-refractivity contribution is 5.99. The molecule has 2 rings (SSSR count). The second kappa shape index (κ2) is 4.99. The number of Topliss-reactive ketones (excluding diaryl/α,β-unsaturated/α-hetero) is 1. The van der Waals surface area contributed by atoms with Gasteiger partial charge in [-0.2, -0.15) is 0 Å². The zero-order valence-electron chi connectivity index (χ0n) is 11.4. The monoisotopic (exact) mass is 262 g/mol. The van der Waals surface area contributed by atoms with Crippen LogP contribution in [0, 0.1) is 16.0 Å². The van der Waals surface area contributed by atoms with E-state index >= 15 is 0 Å². The Morgan fingerprint density at radius 3 is 2.58 bits per heavy atom.